The van der Waals surface area contributed by atoms with Crippen LogP contribution in [0.25, 0.3) is 33.3 Å². The van der Waals surface area contributed by atoms with Gasteiger partial charge >= 0.3 is 0 Å². The summed E-state index contributed by atoms with van der Waals surface area (Å²) in [4.78, 5) is 24.2. The van der Waals surface area contributed by atoms with E-state index in [0.717, 1.165) is 81.4 Å². The molecule has 0 saturated carbocycles. The van der Waals surface area contributed by atoms with Crippen molar-refractivity contribution in [1.82, 2.24) is 24.9 Å². The summed E-state index contributed by atoms with van der Waals surface area (Å²) in [6, 6.07) is 22.7. The van der Waals surface area contributed by atoms with Crippen molar-refractivity contribution in [3.63, 3.8) is 0 Å². The van der Waals surface area contributed by atoms with Gasteiger partial charge in [0.25, 0.3) is 0 Å². The van der Waals surface area contributed by atoms with Crippen LogP contribution in [0.1, 0.15) is 19.0 Å². The van der Waals surface area contributed by atoms with E-state index < -0.39 is 0 Å². The van der Waals surface area contributed by atoms with E-state index in [9.17, 15) is 0 Å². The number of hydrogen-bond acceptors (Lipinski definition) is 7. The van der Waals surface area contributed by atoms with Crippen LogP contribution in [0.5, 0.6) is 0 Å². The summed E-state index contributed by atoms with van der Waals surface area (Å²) in [5, 5.41) is 8.03. The predicted molar refractivity (Wildman–Crippen MR) is 158 cm³/mol. The molecule has 6 aromatic rings. The number of nitrogens with one attached hydrogen (secondary N) is 3. The molecule has 4 aromatic heterocycles. The highest BCUT2D eigenvalue weighted by Crippen LogP contribution is 2.31. The number of benzene rings is 2. The molecule has 0 atom stereocenters. The molecule has 0 bridgehead atoms. The fourth-order valence-electron chi connectivity index (χ4n) is 4.90. The Kier molecular flexibility index (Phi) is 5.77. The summed E-state index contributed by atoms with van der Waals surface area (Å²) in [5.74, 6) is 1.55. The lowest BCUT2D eigenvalue weighted by molar-refractivity contribution is 0.618. The number of anilines is 5. The number of rotatable bonds is 7. The summed E-state index contributed by atoms with van der Waals surface area (Å²) in [6.45, 7) is 4.33. The zero-order valence-electron chi connectivity index (χ0n) is 21.6. The molecule has 1 aliphatic heterocycles. The lowest BCUT2D eigenvalue weighted by Crippen LogP contribution is -2.36. The van der Waals surface area contributed by atoms with E-state index in [2.05, 4.69) is 66.7 Å². The zero-order chi connectivity index (χ0) is 26.2. The van der Waals surface area contributed by atoms with Gasteiger partial charge in [0.15, 0.2) is 0 Å². The van der Waals surface area contributed by atoms with Crippen LogP contribution in [0.3, 0.4) is 0 Å². The Morgan fingerprint density at radius 1 is 0.821 bits per heavy atom. The molecular formula is C31H28N8. The Hall–Kier alpha value is -4.98. The summed E-state index contributed by atoms with van der Waals surface area (Å²) in [6.07, 6.45) is 7.66. The van der Waals surface area contributed by atoms with E-state index in [1.54, 1.807) is 0 Å². The number of H-pyrrole nitrogens is 1. The number of aromatic nitrogens is 5. The number of imidazole rings is 1. The summed E-state index contributed by atoms with van der Waals surface area (Å²) >= 11 is 0. The maximum absolute atomic E-state index is 4.83. The van der Waals surface area contributed by atoms with Crippen molar-refractivity contribution >= 4 is 50.5 Å². The Labute approximate surface area is 226 Å². The van der Waals surface area contributed by atoms with Gasteiger partial charge in [-0.15, -0.1) is 0 Å². The highest BCUT2D eigenvalue weighted by Gasteiger charge is 2.15. The van der Waals surface area contributed by atoms with Crippen molar-refractivity contribution in [1.29, 1.82) is 0 Å². The molecule has 0 aliphatic carbocycles. The monoisotopic (exact) mass is 512 g/mol. The first-order valence-corrected chi connectivity index (χ1v) is 13.3. The third-order valence-electron chi connectivity index (χ3n) is 7.20. The Bertz CT molecular complexity index is 1790. The van der Waals surface area contributed by atoms with Gasteiger partial charge in [-0.05, 0) is 79.6 Å². The molecule has 5 heterocycles. The van der Waals surface area contributed by atoms with Gasteiger partial charge in [0, 0.05) is 65.4 Å². The van der Waals surface area contributed by atoms with Crippen LogP contribution in [0, 0.1) is 0 Å². The maximum Gasteiger partial charge on any atom is 0.140 e. The smallest absolute Gasteiger partial charge is 0.140 e. The second-order valence-corrected chi connectivity index (χ2v) is 9.79. The molecule has 0 radical (unpaired) electrons. The number of pyridine rings is 3. The molecule has 7 rings (SSSR count). The molecule has 1 saturated heterocycles. The van der Waals surface area contributed by atoms with Gasteiger partial charge in [0.1, 0.15) is 11.6 Å². The van der Waals surface area contributed by atoms with E-state index in [1.165, 1.54) is 12.1 Å². The largest absolute Gasteiger partial charge is 0.371 e. The normalized spacial score (nSPS) is 13.0. The van der Waals surface area contributed by atoms with Gasteiger partial charge in [0.2, 0.25) is 0 Å². The average Bonchev–Trinajstić information content (AvgIpc) is 3.36. The molecule has 0 amide bonds. The van der Waals surface area contributed by atoms with Gasteiger partial charge in [0.05, 0.1) is 22.2 Å². The first kappa shape index (κ1) is 23.2. The topological polar surface area (TPSA) is 94.7 Å². The Morgan fingerprint density at radius 2 is 1.72 bits per heavy atom. The van der Waals surface area contributed by atoms with E-state index >= 15 is 0 Å². The van der Waals surface area contributed by atoms with Crippen molar-refractivity contribution in [2.24, 2.45) is 0 Å². The molecule has 8 heteroatoms. The van der Waals surface area contributed by atoms with Crippen molar-refractivity contribution in [3.8, 4) is 11.4 Å². The van der Waals surface area contributed by atoms with Crippen LogP contribution in [0.2, 0.25) is 0 Å². The number of hydrogen-bond donors (Lipinski definition) is 3. The Morgan fingerprint density at radius 3 is 2.54 bits per heavy atom. The molecule has 1 aliphatic rings. The minimum atomic E-state index is 0.770. The van der Waals surface area contributed by atoms with Crippen LogP contribution in [0.15, 0.2) is 85.3 Å². The minimum absolute atomic E-state index is 0.770. The fourth-order valence-corrected chi connectivity index (χ4v) is 4.90. The summed E-state index contributed by atoms with van der Waals surface area (Å²) < 4.78 is 0. The SMILES string of the molecule is CCc1cc(Nc2ccc3[nH]c(-c4ccc(Nc5ccnc6ccc(N7CCC7)cc56)nc4)nc3c2)ccn1. The quantitative estimate of drug-likeness (QED) is 0.216. The minimum Gasteiger partial charge on any atom is -0.371 e. The first-order valence-electron chi connectivity index (χ1n) is 13.3. The van der Waals surface area contributed by atoms with E-state index in [1.807, 2.05) is 61.1 Å². The second kappa shape index (κ2) is 9.72. The highest BCUT2D eigenvalue weighted by atomic mass is 15.2. The third kappa shape index (κ3) is 4.61. The van der Waals surface area contributed by atoms with Crippen LogP contribution < -0.4 is 15.5 Å². The van der Waals surface area contributed by atoms with Gasteiger partial charge in [-0.3, -0.25) is 9.97 Å². The summed E-state index contributed by atoms with van der Waals surface area (Å²) in [7, 11) is 0. The van der Waals surface area contributed by atoms with Gasteiger partial charge in [-0.25, -0.2) is 9.97 Å². The first-order chi connectivity index (χ1) is 19.2. The molecule has 3 N–H and O–H groups in total. The highest BCUT2D eigenvalue weighted by molar-refractivity contribution is 5.95. The van der Waals surface area contributed by atoms with Crippen LogP contribution in [-0.2, 0) is 6.42 Å². The van der Waals surface area contributed by atoms with Crippen LogP contribution >= 0.6 is 0 Å². The predicted octanol–water partition coefficient (Wildman–Crippen LogP) is 6.83. The number of fused-ring (bicyclic) bond motifs is 2. The number of aromatic amines is 1. The van der Waals surface area contributed by atoms with Crippen molar-refractivity contribution in [3.05, 3.63) is 91.0 Å². The molecular weight excluding hydrogens is 484 g/mol. The molecule has 2 aromatic carbocycles. The van der Waals surface area contributed by atoms with Crippen molar-refractivity contribution in [2.45, 2.75) is 19.8 Å². The molecule has 8 nitrogen and oxygen atoms in total. The van der Waals surface area contributed by atoms with Crippen molar-refractivity contribution < 1.29 is 0 Å². The molecule has 192 valence electrons. The molecule has 0 spiro atoms. The van der Waals surface area contributed by atoms with Gasteiger partial charge in [-0.2, -0.15) is 0 Å². The Balaban J connectivity index is 1.11. The standard InChI is InChI=1S/C31H28N8/c1-2-21-16-23(10-12-32-21)35-22-5-7-28-29(17-22)38-31(37-28)20-4-9-30(34-19-20)36-27-11-13-33-26-8-6-24(18-25(26)27)39-14-3-15-39/h4-13,16-19H,2-3,14-15H2,1H3,(H,32,35)(H,37,38)(H,33,34,36). The number of aryl methyl sites for hydroxylation is 1. The number of nitrogens with zero attached hydrogens (tertiary/aromatic N) is 5. The van der Waals surface area contributed by atoms with E-state index in [0.29, 0.717) is 0 Å². The average molecular weight is 513 g/mol. The third-order valence-corrected chi connectivity index (χ3v) is 7.20. The molecule has 0 unspecified atom stereocenters. The molecule has 1 fully saturated rings. The second-order valence-electron chi connectivity index (χ2n) is 9.79. The van der Waals surface area contributed by atoms with Crippen molar-refractivity contribution in [2.75, 3.05) is 28.6 Å². The van der Waals surface area contributed by atoms with Crippen LogP contribution in [0.4, 0.5) is 28.6 Å². The molecule has 39 heavy (non-hydrogen) atoms. The van der Waals surface area contributed by atoms with E-state index in [-0.39, 0.29) is 0 Å². The van der Waals surface area contributed by atoms with Gasteiger partial charge in [-0.1, -0.05) is 6.92 Å². The lowest BCUT2D eigenvalue weighted by Gasteiger charge is -2.33. The van der Waals surface area contributed by atoms with E-state index in [4.69, 9.17) is 4.98 Å². The summed E-state index contributed by atoms with van der Waals surface area (Å²) in [5.41, 5.74) is 9.04. The lowest BCUT2D eigenvalue weighted by atomic mass is 10.1. The van der Waals surface area contributed by atoms with Gasteiger partial charge < -0.3 is 20.5 Å². The van der Waals surface area contributed by atoms with Crippen LogP contribution in [-0.4, -0.2) is 38.0 Å². The maximum atomic E-state index is 4.83. The fraction of sp³-hybridized carbons (Fsp3) is 0.161. The zero-order valence-corrected chi connectivity index (χ0v) is 21.6.